The van der Waals surface area contributed by atoms with Crippen LogP contribution >= 0.6 is 27.5 Å². The molecule has 2 rings (SSSR count). The minimum Gasteiger partial charge on any atom is -0.379 e. The zero-order valence-corrected chi connectivity index (χ0v) is 14.4. The van der Waals surface area contributed by atoms with Crippen LogP contribution in [0.1, 0.15) is 30.6 Å². The Hall–Kier alpha value is -0.490. The second-order valence-electron chi connectivity index (χ2n) is 5.28. The van der Waals surface area contributed by atoms with Gasteiger partial charge in [-0.3, -0.25) is 9.69 Å². The standard InChI is InChI=1S/C15H18BrClFNO2/c1-3-15(2,19-6-8-21-9-7-19)14(20)10-4-5-11(16)12(17)13(10)18/h4-5H,3,6-9H2,1-2H3. The van der Waals surface area contributed by atoms with E-state index in [2.05, 4.69) is 20.8 Å². The van der Waals surface area contributed by atoms with Gasteiger partial charge in [-0.05, 0) is 41.4 Å². The van der Waals surface area contributed by atoms with E-state index in [1.165, 1.54) is 6.07 Å². The summed E-state index contributed by atoms with van der Waals surface area (Å²) < 4.78 is 20.1. The molecule has 0 aliphatic carbocycles. The lowest BCUT2D eigenvalue weighted by Crippen LogP contribution is -2.56. The largest absolute Gasteiger partial charge is 0.379 e. The Bertz CT molecular complexity index is 549. The van der Waals surface area contributed by atoms with Gasteiger partial charge in [0.1, 0.15) is 0 Å². The molecule has 0 radical (unpaired) electrons. The smallest absolute Gasteiger partial charge is 0.185 e. The minimum absolute atomic E-state index is 0.0408. The molecule has 1 heterocycles. The fraction of sp³-hybridized carbons (Fsp3) is 0.533. The zero-order chi connectivity index (χ0) is 15.6. The normalized spacial score (nSPS) is 19.3. The molecule has 0 spiro atoms. The van der Waals surface area contributed by atoms with Gasteiger partial charge in [0, 0.05) is 17.6 Å². The van der Waals surface area contributed by atoms with Gasteiger partial charge >= 0.3 is 0 Å². The number of hydrogen-bond donors (Lipinski definition) is 0. The number of ketones is 1. The molecule has 1 unspecified atom stereocenters. The highest BCUT2D eigenvalue weighted by Crippen LogP contribution is 2.32. The molecule has 1 aliphatic heterocycles. The molecule has 21 heavy (non-hydrogen) atoms. The summed E-state index contributed by atoms with van der Waals surface area (Å²) >= 11 is 9.06. The maximum absolute atomic E-state index is 14.3. The van der Waals surface area contributed by atoms with Crippen LogP contribution in [-0.2, 0) is 4.74 Å². The summed E-state index contributed by atoms with van der Waals surface area (Å²) in [6.07, 6.45) is 0.596. The molecule has 6 heteroatoms. The summed E-state index contributed by atoms with van der Waals surface area (Å²) in [5.74, 6) is -0.900. The van der Waals surface area contributed by atoms with Gasteiger partial charge in [-0.25, -0.2) is 4.39 Å². The summed E-state index contributed by atoms with van der Waals surface area (Å²) in [6.45, 7) is 6.31. The molecule has 0 aromatic heterocycles. The van der Waals surface area contributed by atoms with Crippen LogP contribution in [0.3, 0.4) is 0 Å². The van der Waals surface area contributed by atoms with Crippen LogP contribution in [0, 0.1) is 5.82 Å². The first kappa shape index (κ1) is 16.9. The number of nitrogens with zero attached hydrogens (tertiary/aromatic N) is 1. The van der Waals surface area contributed by atoms with Crippen molar-refractivity contribution in [3.05, 3.63) is 33.0 Å². The van der Waals surface area contributed by atoms with E-state index in [1.54, 1.807) is 6.07 Å². The Morgan fingerprint density at radius 3 is 2.67 bits per heavy atom. The Morgan fingerprint density at radius 2 is 2.10 bits per heavy atom. The molecule has 0 saturated carbocycles. The van der Waals surface area contributed by atoms with Gasteiger partial charge in [-0.1, -0.05) is 18.5 Å². The van der Waals surface area contributed by atoms with Crippen molar-refractivity contribution in [2.45, 2.75) is 25.8 Å². The van der Waals surface area contributed by atoms with Crippen molar-refractivity contribution in [1.82, 2.24) is 4.90 Å². The van der Waals surface area contributed by atoms with E-state index in [9.17, 15) is 9.18 Å². The van der Waals surface area contributed by atoms with Crippen LogP contribution in [0.5, 0.6) is 0 Å². The molecule has 1 atom stereocenters. The van der Waals surface area contributed by atoms with E-state index < -0.39 is 11.4 Å². The molecule has 0 amide bonds. The highest BCUT2D eigenvalue weighted by atomic mass is 79.9. The van der Waals surface area contributed by atoms with Crippen LogP contribution in [0.15, 0.2) is 16.6 Å². The Balaban J connectivity index is 2.38. The van der Waals surface area contributed by atoms with Crippen LogP contribution in [0.25, 0.3) is 0 Å². The monoisotopic (exact) mass is 377 g/mol. The minimum atomic E-state index is -0.748. The summed E-state index contributed by atoms with van der Waals surface area (Å²) in [4.78, 5) is 14.9. The van der Waals surface area contributed by atoms with Gasteiger partial charge in [0.15, 0.2) is 11.6 Å². The molecular formula is C15H18BrClFNO2. The number of halogens is 3. The highest BCUT2D eigenvalue weighted by Gasteiger charge is 2.40. The lowest BCUT2D eigenvalue weighted by atomic mass is 9.86. The van der Waals surface area contributed by atoms with E-state index in [-0.39, 0.29) is 16.4 Å². The van der Waals surface area contributed by atoms with Crippen molar-refractivity contribution in [1.29, 1.82) is 0 Å². The van der Waals surface area contributed by atoms with Crippen molar-refractivity contribution in [2.75, 3.05) is 26.3 Å². The van der Waals surface area contributed by atoms with E-state index in [4.69, 9.17) is 16.3 Å². The first-order valence-electron chi connectivity index (χ1n) is 6.93. The van der Waals surface area contributed by atoms with Crippen molar-refractivity contribution < 1.29 is 13.9 Å². The number of Topliss-reactive ketones (excluding diaryl/α,β-unsaturated/α-hetero) is 1. The predicted octanol–water partition coefficient (Wildman–Crippen LogP) is 3.93. The van der Waals surface area contributed by atoms with E-state index in [0.29, 0.717) is 37.2 Å². The molecule has 1 aromatic carbocycles. The molecular weight excluding hydrogens is 361 g/mol. The molecule has 3 nitrogen and oxygen atoms in total. The Morgan fingerprint density at radius 1 is 1.48 bits per heavy atom. The molecule has 1 fully saturated rings. The van der Waals surface area contributed by atoms with Crippen LogP contribution < -0.4 is 0 Å². The summed E-state index contributed by atoms with van der Waals surface area (Å²) in [5, 5.41) is -0.0544. The maximum atomic E-state index is 14.3. The fourth-order valence-electron chi connectivity index (χ4n) is 2.58. The summed E-state index contributed by atoms with van der Waals surface area (Å²) in [5.41, 5.74) is -0.707. The lowest BCUT2D eigenvalue weighted by molar-refractivity contribution is -0.0107. The van der Waals surface area contributed by atoms with Gasteiger partial charge in [-0.15, -0.1) is 0 Å². The molecule has 116 valence electrons. The number of carbonyl (C=O) groups excluding carboxylic acids is 1. The SMILES string of the molecule is CCC(C)(C(=O)c1ccc(Br)c(Cl)c1F)N1CCOCC1. The van der Waals surface area contributed by atoms with Gasteiger partial charge in [0.2, 0.25) is 0 Å². The lowest BCUT2D eigenvalue weighted by Gasteiger charge is -2.41. The third kappa shape index (κ3) is 3.16. The number of hydrogen-bond acceptors (Lipinski definition) is 3. The van der Waals surface area contributed by atoms with E-state index >= 15 is 0 Å². The highest BCUT2D eigenvalue weighted by molar-refractivity contribution is 9.10. The number of ether oxygens (including phenoxy) is 1. The average Bonchev–Trinajstić information content (AvgIpc) is 2.52. The molecule has 1 aliphatic rings. The van der Waals surface area contributed by atoms with Gasteiger partial charge in [-0.2, -0.15) is 0 Å². The quantitative estimate of drug-likeness (QED) is 0.587. The second-order valence-corrected chi connectivity index (χ2v) is 6.51. The maximum Gasteiger partial charge on any atom is 0.185 e. The van der Waals surface area contributed by atoms with Crippen LogP contribution in [0.4, 0.5) is 4.39 Å². The number of benzene rings is 1. The zero-order valence-electron chi connectivity index (χ0n) is 12.1. The molecule has 0 bridgehead atoms. The van der Waals surface area contributed by atoms with E-state index in [1.807, 2.05) is 13.8 Å². The first-order valence-corrected chi connectivity index (χ1v) is 8.10. The van der Waals surface area contributed by atoms with Crippen LogP contribution in [0.2, 0.25) is 5.02 Å². The number of rotatable bonds is 4. The van der Waals surface area contributed by atoms with Crippen molar-refractivity contribution in [3.63, 3.8) is 0 Å². The van der Waals surface area contributed by atoms with Gasteiger partial charge in [0.25, 0.3) is 0 Å². The predicted molar refractivity (Wildman–Crippen MR) is 84.5 cm³/mol. The Kier molecular flexibility index (Phi) is 5.41. The van der Waals surface area contributed by atoms with Crippen molar-refractivity contribution in [3.8, 4) is 0 Å². The van der Waals surface area contributed by atoms with Gasteiger partial charge in [0.05, 0.1) is 29.3 Å². The average molecular weight is 379 g/mol. The molecule has 1 saturated heterocycles. The van der Waals surface area contributed by atoms with Gasteiger partial charge < -0.3 is 4.74 Å². The van der Waals surface area contributed by atoms with Crippen molar-refractivity contribution in [2.24, 2.45) is 0 Å². The first-order chi connectivity index (χ1) is 9.91. The third-order valence-corrected chi connectivity index (χ3v) is 5.43. The summed E-state index contributed by atoms with van der Waals surface area (Å²) in [6, 6.07) is 3.09. The molecule has 0 N–H and O–H groups in total. The fourth-order valence-corrected chi connectivity index (χ4v) is 3.05. The summed E-state index contributed by atoms with van der Waals surface area (Å²) in [7, 11) is 0. The van der Waals surface area contributed by atoms with Crippen LogP contribution in [-0.4, -0.2) is 42.5 Å². The molecule has 1 aromatic rings. The number of morpholine rings is 1. The number of carbonyl (C=O) groups is 1. The van der Waals surface area contributed by atoms with Crippen molar-refractivity contribution >= 4 is 33.3 Å². The Labute approximate surface area is 137 Å². The third-order valence-electron chi connectivity index (χ3n) is 4.17. The van der Waals surface area contributed by atoms with E-state index in [0.717, 1.165) is 0 Å². The topological polar surface area (TPSA) is 29.5 Å². The second kappa shape index (κ2) is 6.73.